The Bertz CT molecular complexity index is 354. The zero-order valence-electron chi connectivity index (χ0n) is 7.44. The molecule has 0 radical (unpaired) electrons. The predicted molar refractivity (Wildman–Crippen MR) is 49.5 cm³/mol. The number of hydrogen-bond acceptors (Lipinski definition) is 3. The lowest BCUT2D eigenvalue weighted by atomic mass is 10.3. The first-order chi connectivity index (χ1) is 6.31. The Hall–Kier alpha value is -1.16. The van der Waals surface area contributed by atoms with E-state index in [9.17, 15) is 4.79 Å². The highest BCUT2D eigenvalue weighted by atomic mass is 16.1. The molecule has 0 unspecified atom stereocenters. The van der Waals surface area contributed by atoms with E-state index >= 15 is 0 Å². The highest BCUT2D eigenvalue weighted by Gasteiger charge is 2.25. The monoisotopic (exact) mass is 179 g/mol. The standard InChI is InChI=1S/C9H13N3O/c10-5-6-12-9(13)4-3-8(11-12)7-1-2-7/h3-4,7H,1-2,5-6,10H2. The average molecular weight is 179 g/mol. The number of rotatable bonds is 3. The van der Waals surface area contributed by atoms with Gasteiger partial charge in [0.2, 0.25) is 0 Å². The second-order valence-electron chi connectivity index (χ2n) is 3.38. The SMILES string of the molecule is NCCn1nc(C2CC2)ccc1=O. The van der Waals surface area contributed by atoms with Crippen molar-refractivity contribution in [3.05, 3.63) is 28.2 Å². The van der Waals surface area contributed by atoms with Crippen molar-refractivity contribution in [2.45, 2.75) is 25.3 Å². The van der Waals surface area contributed by atoms with E-state index in [0.717, 1.165) is 5.69 Å². The summed E-state index contributed by atoms with van der Waals surface area (Å²) in [5.41, 5.74) is 6.35. The summed E-state index contributed by atoms with van der Waals surface area (Å²) in [6.07, 6.45) is 2.40. The molecule has 70 valence electrons. The van der Waals surface area contributed by atoms with Gasteiger partial charge in [0, 0.05) is 18.5 Å². The van der Waals surface area contributed by atoms with Crippen molar-refractivity contribution in [2.24, 2.45) is 5.73 Å². The third-order valence-corrected chi connectivity index (χ3v) is 2.22. The van der Waals surface area contributed by atoms with Gasteiger partial charge in [-0.1, -0.05) is 0 Å². The minimum Gasteiger partial charge on any atom is -0.329 e. The van der Waals surface area contributed by atoms with E-state index in [0.29, 0.717) is 19.0 Å². The van der Waals surface area contributed by atoms with E-state index < -0.39 is 0 Å². The van der Waals surface area contributed by atoms with Crippen LogP contribution in [0.4, 0.5) is 0 Å². The fourth-order valence-electron chi connectivity index (χ4n) is 1.34. The van der Waals surface area contributed by atoms with E-state index in [1.54, 1.807) is 6.07 Å². The van der Waals surface area contributed by atoms with Crippen LogP contribution >= 0.6 is 0 Å². The molecule has 0 amide bonds. The minimum atomic E-state index is -0.0603. The average Bonchev–Trinajstić information content (AvgIpc) is 2.92. The Kier molecular flexibility index (Phi) is 2.14. The van der Waals surface area contributed by atoms with E-state index in [4.69, 9.17) is 5.73 Å². The summed E-state index contributed by atoms with van der Waals surface area (Å²) in [5, 5.41) is 4.25. The van der Waals surface area contributed by atoms with Gasteiger partial charge in [0.1, 0.15) is 0 Å². The molecule has 13 heavy (non-hydrogen) atoms. The van der Waals surface area contributed by atoms with Gasteiger partial charge in [-0.15, -0.1) is 0 Å². The maximum absolute atomic E-state index is 11.2. The van der Waals surface area contributed by atoms with E-state index in [2.05, 4.69) is 5.10 Å². The highest BCUT2D eigenvalue weighted by Crippen LogP contribution is 2.38. The van der Waals surface area contributed by atoms with Gasteiger partial charge in [0.25, 0.3) is 5.56 Å². The van der Waals surface area contributed by atoms with Crippen molar-refractivity contribution in [3.8, 4) is 0 Å². The van der Waals surface area contributed by atoms with Crippen molar-refractivity contribution in [1.82, 2.24) is 9.78 Å². The van der Waals surface area contributed by atoms with Crippen molar-refractivity contribution in [1.29, 1.82) is 0 Å². The van der Waals surface area contributed by atoms with Gasteiger partial charge in [-0.25, -0.2) is 4.68 Å². The summed E-state index contributed by atoms with van der Waals surface area (Å²) in [4.78, 5) is 11.2. The molecule has 0 atom stereocenters. The second-order valence-corrected chi connectivity index (χ2v) is 3.38. The molecule has 1 aliphatic carbocycles. The lowest BCUT2D eigenvalue weighted by Crippen LogP contribution is -2.26. The van der Waals surface area contributed by atoms with Crippen LogP contribution in [0.5, 0.6) is 0 Å². The molecule has 0 saturated heterocycles. The van der Waals surface area contributed by atoms with E-state index in [1.807, 2.05) is 6.07 Å². The number of nitrogens with zero attached hydrogens (tertiary/aromatic N) is 2. The zero-order chi connectivity index (χ0) is 9.26. The van der Waals surface area contributed by atoms with Crippen LogP contribution in [0.3, 0.4) is 0 Å². The largest absolute Gasteiger partial charge is 0.329 e. The van der Waals surface area contributed by atoms with E-state index in [1.165, 1.54) is 17.5 Å². The Balaban J connectivity index is 2.30. The highest BCUT2D eigenvalue weighted by molar-refractivity contribution is 5.12. The second kappa shape index (κ2) is 3.30. The Morgan fingerprint density at radius 3 is 2.92 bits per heavy atom. The van der Waals surface area contributed by atoms with Gasteiger partial charge in [0.05, 0.1) is 12.2 Å². The van der Waals surface area contributed by atoms with Crippen LogP contribution in [0.2, 0.25) is 0 Å². The number of nitrogens with two attached hydrogens (primary N) is 1. The summed E-state index contributed by atoms with van der Waals surface area (Å²) in [6.45, 7) is 0.973. The van der Waals surface area contributed by atoms with Crippen LogP contribution in [0.25, 0.3) is 0 Å². The third kappa shape index (κ3) is 1.78. The molecule has 1 fully saturated rings. The lowest BCUT2D eigenvalue weighted by molar-refractivity contribution is 0.573. The van der Waals surface area contributed by atoms with Gasteiger partial charge in [-0.05, 0) is 18.9 Å². The van der Waals surface area contributed by atoms with Crippen molar-refractivity contribution < 1.29 is 0 Å². The summed E-state index contributed by atoms with van der Waals surface area (Å²) in [6, 6.07) is 3.41. The van der Waals surface area contributed by atoms with Crippen molar-refractivity contribution >= 4 is 0 Å². The molecule has 2 N–H and O–H groups in total. The smallest absolute Gasteiger partial charge is 0.266 e. The summed E-state index contributed by atoms with van der Waals surface area (Å²) >= 11 is 0. The first-order valence-corrected chi connectivity index (χ1v) is 4.59. The normalized spacial score (nSPS) is 16.1. The maximum atomic E-state index is 11.2. The number of aromatic nitrogens is 2. The maximum Gasteiger partial charge on any atom is 0.266 e. The van der Waals surface area contributed by atoms with Crippen LogP contribution in [0, 0.1) is 0 Å². The molecule has 0 spiro atoms. The molecule has 0 aliphatic heterocycles. The predicted octanol–water partition coefficient (Wildman–Crippen LogP) is 0.0794. The molecule has 1 aliphatic rings. The molecule has 4 nitrogen and oxygen atoms in total. The summed E-state index contributed by atoms with van der Waals surface area (Å²) in [5.74, 6) is 0.588. The molecule has 4 heteroatoms. The van der Waals surface area contributed by atoms with Crippen molar-refractivity contribution in [3.63, 3.8) is 0 Å². The Labute approximate surface area is 76.4 Å². The summed E-state index contributed by atoms with van der Waals surface area (Å²) < 4.78 is 1.45. The number of hydrogen-bond donors (Lipinski definition) is 1. The molecule has 2 rings (SSSR count). The molecule has 1 aromatic rings. The Morgan fingerprint density at radius 2 is 2.31 bits per heavy atom. The van der Waals surface area contributed by atoms with Gasteiger partial charge in [0.15, 0.2) is 0 Å². The Morgan fingerprint density at radius 1 is 1.54 bits per heavy atom. The topological polar surface area (TPSA) is 60.9 Å². The van der Waals surface area contributed by atoms with Gasteiger partial charge >= 0.3 is 0 Å². The molecular weight excluding hydrogens is 166 g/mol. The summed E-state index contributed by atoms with van der Waals surface area (Å²) in [7, 11) is 0. The molecule has 1 aromatic heterocycles. The molecule has 0 bridgehead atoms. The first-order valence-electron chi connectivity index (χ1n) is 4.59. The van der Waals surface area contributed by atoms with Gasteiger partial charge in [-0.2, -0.15) is 5.10 Å². The molecular formula is C9H13N3O. The fraction of sp³-hybridized carbons (Fsp3) is 0.556. The lowest BCUT2D eigenvalue weighted by Gasteiger charge is -2.03. The van der Waals surface area contributed by atoms with Crippen LogP contribution in [0.1, 0.15) is 24.5 Å². The quantitative estimate of drug-likeness (QED) is 0.714. The van der Waals surface area contributed by atoms with Crippen LogP contribution in [-0.2, 0) is 6.54 Å². The molecule has 1 saturated carbocycles. The van der Waals surface area contributed by atoms with Crippen molar-refractivity contribution in [2.75, 3.05) is 6.54 Å². The van der Waals surface area contributed by atoms with E-state index in [-0.39, 0.29) is 5.56 Å². The van der Waals surface area contributed by atoms with Crippen LogP contribution < -0.4 is 11.3 Å². The van der Waals surface area contributed by atoms with Crippen LogP contribution in [0.15, 0.2) is 16.9 Å². The van der Waals surface area contributed by atoms with Gasteiger partial charge < -0.3 is 5.73 Å². The minimum absolute atomic E-state index is 0.0603. The third-order valence-electron chi connectivity index (χ3n) is 2.22. The zero-order valence-corrected chi connectivity index (χ0v) is 7.44. The first kappa shape index (κ1) is 8.44. The fourth-order valence-corrected chi connectivity index (χ4v) is 1.34. The molecule has 1 heterocycles. The molecule has 0 aromatic carbocycles. The van der Waals surface area contributed by atoms with Gasteiger partial charge in [-0.3, -0.25) is 4.79 Å². The van der Waals surface area contributed by atoms with Crippen LogP contribution in [-0.4, -0.2) is 16.3 Å².